The first kappa shape index (κ1) is 24.4. The molecular formula is C28H48N2O2. The minimum Gasteiger partial charge on any atom is -0.356 e. The van der Waals surface area contributed by atoms with Gasteiger partial charge in [-0.05, 0) is 109 Å². The molecule has 4 rings (SSSR count). The highest BCUT2D eigenvalue weighted by molar-refractivity contribution is 5.13. The van der Waals surface area contributed by atoms with Crippen LogP contribution in [0.3, 0.4) is 0 Å². The van der Waals surface area contributed by atoms with E-state index >= 15 is 0 Å². The summed E-state index contributed by atoms with van der Waals surface area (Å²) in [5.74, 6) is 3.47. The van der Waals surface area contributed by atoms with Crippen LogP contribution in [-0.2, 0) is 4.74 Å². The van der Waals surface area contributed by atoms with Gasteiger partial charge >= 0.3 is 0 Å². The summed E-state index contributed by atoms with van der Waals surface area (Å²) in [5, 5.41) is 13.5. The van der Waals surface area contributed by atoms with E-state index in [4.69, 9.17) is 4.74 Å². The van der Waals surface area contributed by atoms with Crippen molar-refractivity contribution in [1.29, 1.82) is 0 Å². The van der Waals surface area contributed by atoms with Gasteiger partial charge in [-0.2, -0.15) is 0 Å². The zero-order valence-corrected chi connectivity index (χ0v) is 20.9. The van der Waals surface area contributed by atoms with E-state index in [1.807, 2.05) is 26.3 Å². The summed E-state index contributed by atoms with van der Waals surface area (Å²) in [6.07, 6.45) is 21.6. The molecule has 0 bridgehead atoms. The fourth-order valence-corrected chi connectivity index (χ4v) is 6.83. The van der Waals surface area contributed by atoms with Gasteiger partial charge in [-0.1, -0.05) is 36.6 Å². The van der Waals surface area contributed by atoms with Crippen molar-refractivity contribution in [3.8, 4) is 0 Å². The minimum atomic E-state index is -0.879. The van der Waals surface area contributed by atoms with Gasteiger partial charge in [-0.25, -0.2) is 0 Å². The van der Waals surface area contributed by atoms with Gasteiger partial charge in [-0.3, -0.25) is 5.32 Å². The summed E-state index contributed by atoms with van der Waals surface area (Å²) in [5.41, 5.74) is 1.49. The van der Waals surface area contributed by atoms with E-state index in [0.29, 0.717) is 6.04 Å². The van der Waals surface area contributed by atoms with Crippen molar-refractivity contribution in [3.63, 3.8) is 0 Å². The van der Waals surface area contributed by atoms with Gasteiger partial charge < -0.3 is 14.7 Å². The van der Waals surface area contributed by atoms with Crippen LogP contribution < -0.4 is 5.32 Å². The molecule has 4 nitrogen and oxygen atoms in total. The summed E-state index contributed by atoms with van der Waals surface area (Å²) in [6.45, 7) is 9.27. The van der Waals surface area contributed by atoms with Gasteiger partial charge in [0.25, 0.3) is 0 Å². The lowest BCUT2D eigenvalue weighted by molar-refractivity contribution is -0.185. The molecule has 182 valence electrons. The van der Waals surface area contributed by atoms with Gasteiger partial charge in [0.1, 0.15) is 0 Å². The quantitative estimate of drug-likeness (QED) is 0.394. The van der Waals surface area contributed by atoms with Crippen molar-refractivity contribution in [2.24, 2.45) is 23.7 Å². The molecule has 0 aromatic carbocycles. The SMILES string of the molecule is CC(C)(C)O[C@@H](O)NC1CCN(C[C@@H]2CC=CCC2C/C=C2\CCCC3CCCCC23)C1. The van der Waals surface area contributed by atoms with Crippen molar-refractivity contribution in [3.05, 3.63) is 23.8 Å². The topological polar surface area (TPSA) is 44.7 Å². The monoisotopic (exact) mass is 444 g/mol. The van der Waals surface area contributed by atoms with Crippen molar-refractivity contribution in [2.45, 2.75) is 109 Å². The fraction of sp³-hybridized carbons (Fsp3) is 0.857. The molecule has 0 aromatic heterocycles. The summed E-state index contributed by atoms with van der Waals surface area (Å²) in [7, 11) is 0. The van der Waals surface area contributed by atoms with Crippen LogP contribution in [0.4, 0.5) is 0 Å². The number of aliphatic hydroxyl groups excluding tert-OH is 1. The first-order valence-electron chi connectivity index (χ1n) is 13.6. The van der Waals surface area contributed by atoms with Crippen LogP contribution in [0.2, 0.25) is 0 Å². The van der Waals surface area contributed by atoms with Crippen LogP contribution in [-0.4, -0.2) is 47.7 Å². The third-order valence-electron chi connectivity index (χ3n) is 8.43. The molecule has 4 heteroatoms. The lowest BCUT2D eigenvalue weighted by Crippen LogP contribution is -2.45. The second kappa shape index (κ2) is 11.2. The molecule has 6 atom stereocenters. The highest BCUT2D eigenvalue weighted by atomic mass is 16.6. The molecule has 3 aliphatic carbocycles. The van der Waals surface area contributed by atoms with Crippen molar-refractivity contribution in [2.75, 3.05) is 19.6 Å². The number of nitrogens with one attached hydrogen (secondary N) is 1. The zero-order valence-electron chi connectivity index (χ0n) is 20.9. The Hall–Kier alpha value is -0.680. The number of allylic oxidation sites excluding steroid dienone is 4. The summed E-state index contributed by atoms with van der Waals surface area (Å²) >= 11 is 0. The lowest BCUT2D eigenvalue weighted by Gasteiger charge is -2.38. The standard InChI is InChI=1S/C28H48N2O2/c1-28(2,3)32-27(31)29-25-17-18-30(20-25)19-24-11-5-4-9-21(24)15-16-23-13-8-12-22-10-6-7-14-26(22)23/h4-5,16,21-22,24-27,29,31H,6-15,17-20H2,1-3H3/b23-16+/t21?,22?,24-,25?,26?,27+/m0/s1. The fourth-order valence-electron chi connectivity index (χ4n) is 6.83. The largest absolute Gasteiger partial charge is 0.356 e. The van der Waals surface area contributed by atoms with E-state index in [1.165, 1.54) is 70.8 Å². The molecular weight excluding hydrogens is 396 g/mol. The molecule has 0 spiro atoms. The predicted molar refractivity (Wildman–Crippen MR) is 132 cm³/mol. The molecule has 0 aromatic rings. The molecule has 2 saturated carbocycles. The third kappa shape index (κ3) is 6.91. The maximum Gasteiger partial charge on any atom is 0.214 e. The van der Waals surface area contributed by atoms with Crippen molar-refractivity contribution in [1.82, 2.24) is 10.2 Å². The number of ether oxygens (including phenoxy) is 1. The van der Waals surface area contributed by atoms with E-state index in [1.54, 1.807) is 0 Å². The second-order valence-electron chi connectivity index (χ2n) is 12.0. The third-order valence-corrected chi connectivity index (χ3v) is 8.43. The molecule has 1 heterocycles. The Morgan fingerprint density at radius 2 is 1.84 bits per heavy atom. The van der Waals surface area contributed by atoms with Crippen LogP contribution in [0.5, 0.6) is 0 Å². The number of fused-ring (bicyclic) bond motifs is 1. The van der Waals surface area contributed by atoms with E-state index in [9.17, 15) is 5.11 Å². The maximum atomic E-state index is 10.2. The highest BCUT2D eigenvalue weighted by Gasteiger charge is 2.32. The Labute approximate surface area is 196 Å². The van der Waals surface area contributed by atoms with E-state index in [2.05, 4.69) is 28.4 Å². The average molecular weight is 445 g/mol. The molecule has 0 amide bonds. The predicted octanol–water partition coefficient (Wildman–Crippen LogP) is 5.63. The van der Waals surface area contributed by atoms with Gasteiger partial charge in [0.2, 0.25) is 6.41 Å². The Morgan fingerprint density at radius 1 is 1.09 bits per heavy atom. The molecule has 0 radical (unpaired) electrons. The number of likely N-dealkylation sites (tertiary alicyclic amines) is 1. The highest BCUT2D eigenvalue weighted by Crippen LogP contribution is 2.44. The van der Waals surface area contributed by atoms with Gasteiger partial charge in [-0.15, -0.1) is 0 Å². The first-order valence-corrected chi connectivity index (χ1v) is 13.6. The average Bonchev–Trinajstić information content (AvgIpc) is 3.18. The van der Waals surface area contributed by atoms with E-state index in [-0.39, 0.29) is 5.60 Å². The smallest absolute Gasteiger partial charge is 0.214 e. The molecule has 32 heavy (non-hydrogen) atoms. The second-order valence-corrected chi connectivity index (χ2v) is 12.0. The van der Waals surface area contributed by atoms with Crippen LogP contribution >= 0.6 is 0 Å². The number of nitrogens with zero attached hydrogens (tertiary/aromatic N) is 1. The Kier molecular flexibility index (Phi) is 8.53. The van der Waals surface area contributed by atoms with Crippen molar-refractivity contribution < 1.29 is 9.84 Å². The number of hydrogen-bond acceptors (Lipinski definition) is 4. The van der Waals surface area contributed by atoms with E-state index < -0.39 is 6.41 Å². The van der Waals surface area contributed by atoms with Crippen LogP contribution in [0.1, 0.15) is 91.4 Å². The van der Waals surface area contributed by atoms with Crippen LogP contribution in [0.15, 0.2) is 23.8 Å². The zero-order chi connectivity index (χ0) is 22.6. The normalized spacial score (nSPS) is 36.4. The maximum absolute atomic E-state index is 10.2. The molecule has 4 unspecified atom stereocenters. The van der Waals surface area contributed by atoms with Gasteiger partial charge in [0.05, 0.1) is 5.60 Å². The minimum absolute atomic E-state index is 0.317. The molecule has 1 aliphatic heterocycles. The summed E-state index contributed by atoms with van der Waals surface area (Å²) in [6, 6.07) is 0.317. The molecule has 3 fully saturated rings. The van der Waals surface area contributed by atoms with Crippen molar-refractivity contribution >= 4 is 0 Å². The molecule has 1 saturated heterocycles. The number of rotatable bonds is 7. The van der Waals surface area contributed by atoms with Gasteiger partial charge in [0.15, 0.2) is 0 Å². The molecule has 4 aliphatic rings. The summed E-state index contributed by atoms with van der Waals surface area (Å²) < 4.78 is 5.64. The molecule has 2 N–H and O–H groups in total. The number of aliphatic hydroxyl groups is 1. The summed E-state index contributed by atoms with van der Waals surface area (Å²) in [4.78, 5) is 2.61. The van der Waals surface area contributed by atoms with Crippen LogP contribution in [0.25, 0.3) is 0 Å². The van der Waals surface area contributed by atoms with Crippen LogP contribution in [0, 0.1) is 23.7 Å². The van der Waals surface area contributed by atoms with E-state index in [0.717, 1.165) is 43.2 Å². The Morgan fingerprint density at radius 3 is 2.66 bits per heavy atom. The lowest BCUT2D eigenvalue weighted by atomic mass is 9.68. The van der Waals surface area contributed by atoms with Gasteiger partial charge in [0, 0.05) is 19.1 Å². The Bertz CT molecular complexity index is 650. The number of hydrogen-bond donors (Lipinski definition) is 2. The Balaban J connectivity index is 1.27. The first-order chi connectivity index (χ1) is 15.4.